The topological polar surface area (TPSA) is 84.3 Å². The third-order valence-electron chi connectivity index (χ3n) is 4.11. The average molecular weight is 341 g/mol. The minimum Gasteiger partial charge on any atom is -0.494 e. The van der Waals surface area contributed by atoms with E-state index in [-0.39, 0.29) is 5.56 Å². The lowest BCUT2D eigenvalue weighted by Gasteiger charge is -2.07. The third kappa shape index (κ3) is 3.81. The van der Waals surface area contributed by atoms with Crippen LogP contribution in [0.4, 0.5) is 5.95 Å². The SMILES string of the molecule is CCCCOc1ccc(CNc2nc3nc(C)c(C)c(=O)n3[nH]2)cc1. The summed E-state index contributed by atoms with van der Waals surface area (Å²) in [5.74, 6) is 1.76. The number of hydrogen-bond donors (Lipinski definition) is 2. The molecule has 7 nitrogen and oxygen atoms in total. The van der Waals surface area contributed by atoms with Gasteiger partial charge in [0.15, 0.2) is 0 Å². The highest BCUT2D eigenvalue weighted by Crippen LogP contribution is 2.14. The Morgan fingerprint density at radius 2 is 1.96 bits per heavy atom. The maximum absolute atomic E-state index is 12.2. The van der Waals surface area contributed by atoms with Crippen molar-refractivity contribution in [2.45, 2.75) is 40.2 Å². The number of H-pyrrole nitrogens is 1. The standard InChI is InChI=1S/C18H23N5O2/c1-4-5-10-25-15-8-6-14(7-9-15)11-19-17-21-18-20-13(3)12(2)16(24)23(18)22-17/h6-9H,4-5,10-11H2,1-3H3,(H2,19,20,21,22). The van der Waals surface area contributed by atoms with Crippen molar-refractivity contribution >= 4 is 11.7 Å². The van der Waals surface area contributed by atoms with E-state index in [4.69, 9.17) is 4.74 Å². The summed E-state index contributed by atoms with van der Waals surface area (Å²) in [6.45, 7) is 7.04. The number of benzene rings is 1. The van der Waals surface area contributed by atoms with Crippen LogP contribution in [0.25, 0.3) is 5.78 Å². The Balaban J connectivity index is 1.66. The van der Waals surface area contributed by atoms with E-state index in [0.29, 0.717) is 29.5 Å². The van der Waals surface area contributed by atoms with E-state index in [1.54, 1.807) is 6.92 Å². The van der Waals surface area contributed by atoms with Crippen molar-refractivity contribution in [3.05, 3.63) is 51.4 Å². The van der Waals surface area contributed by atoms with Crippen LogP contribution < -0.4 is 15.6 Å². The molecule has 132 valence electrons. The number of anilines is 1. The maximum Gasteiger partial charge on any atom is 0.277 e. The zero-order valence-corrected chi connectivity index (χ0v) is 14.8. The molecular weight excluding hydrogens is 318 g/mol. The molecule has 0 amide bonds. The molecule has 3 rings (SSSR count). The van der Waals surface area contributed by atoms with E-state index in [1.807, 2.05) is 31.2 Å². The van der Waals surface area contributed by atoms with Crippen molar-refractivity contribution in [3.63, 3.8) is 0 Å². The van der Waals surface area contributed by atoms with Gasteiger partial charge in [-0.3, -0.25) is 9.89 Å². The molecule has 0 spiro atoms. The van der Waals surface area contributed by atoms with Crippen LogP contribution in [0, 0.1) is 13.8 Å². The van der Waals surface area contributed by atoms with Crippen LogP contribution in [0.1, 0.15) is 36.6 Å². The summed E-state index contributed by atoms with van der Waals surface area (Å²) in [6, 6.07) is 7.94. The Labute approximate surface area is 146 Å². The van der Waals surface area contributed by atoms with Crippen LogP contribution >= 0.6 is 0 Å². The molecule has 1 aromatic carbocycles. The Morgan fingerprint density at radius 1 is 1.20 bits per heavy atom. The lowest BCUT2D eigenvalue weighted by molar-refractivity contribution is 0.309. The lowest BCUT2D eigenvalue weighted by Crippen LogP contribution is -2.19. The van der Waals surface area contributed by atoms with Gasteiger partial charge in [-0.05, 0) is 38.0 Å². The second-order valence-electron chi connectivity index (χ2n) is 6.03. The van der Waals surface area contributed by atoms with E-state index in [2.05, 4.69) is 27.3 Å². The number of nitrogens with zero attached hydrogens (tertiary/aromatic N) is 3. The summed E-state index contributed by atoms with van der Waals surface area (Å²) in [7, 11) is 0. The van der Waals surface area contributed by atoms with E-state index in [9.17, 15) is 4.79 Å². The number of ether oxygens (including phenoxy) is 1. The van der Waals surface area contributed by atoms with Crippen LogP contribution in [-0.2, 0) is 6.54 Å². The monoisotopic (exact) mass is 341 g/mol. The van der Waals surface area contributed by atoms with Gasteiger partial charge >= 0.3 is 0 Å². The fraction of sp³-hybridized carbons (Fsp3) is 0.389. The number of nitrogens with one attached hydrogen (secondary N) is 2. The summed E-state index contributed by atoms with van der Waals surface area (Å²) in [5, 5.41) is 6.12. The Bertz CT molecular complexity index is 912. The molecule has 7 heteroatoms. The first-order valence-electron chi connectivity index (χ1n) is 8.50. The summed E-state index contributed by atoms with van der Waals surface area (Å²) in [6.07, 6.45) is 2.18. The van der Waals surface area contributed by atoms with Crippen molar-refractivity contribution in [1.29, 1.82) is 0 Å². The van der Waals surface area contributed by atoms with E-state index in [0.717, 1.165) is 30.8 Å². The van der Waals surface area contributed by atoms with E-state index in [1.165, 1.54) is 4.52 Å². The fourth-order valence-corrected chi connectivity index (χ4v) is 2.41. The van der Waals surface area contributed by atoms with Crippen molar-refractivity contribution < 1.29 is 4.74 Å². The molecule has 0 fully saturated rings. The molecule has 0 atom stereocenters. The van der Waals surface area contributed by atoms with Gasteiger partial charge in [0, 0.05) is 17.8 Å². The van der Waals surface area contributed by atoms with Crippen molar-refractivity contribution in [2.75, 3.05) is 11.9 Å². The van der Waals surface area contributed by atoms with Gasteiger partial charge in [0.05, 0.1) is 6.61 Å². The van der Waals surface area contributed by atoms with Crippen LogP contribution in [0.3, 0.4) is 0 Å². The minimum atomic E-state index is -0.128. The molecule has 0 saturated carbocycles. The third-order valence-corrected chi connectivity index (χ3v) is 4.11. The first kappa shape index (κ1) is 17.0. The van der Waals surface area contributed by atoms with Gasteiger partial charge < -0.3 is 10.1 Å². The highest BCUT2D eigenvalue weighted by atomic mass is 16.5. The molecular formula is C18H23N5O2. The number of aromatic amines is 1. The van der Waals surface area contributed by atoms with E-state index >= 15 is 0 Å². The zero-order chi connectivity index (χ0) is 17.8. The molecule has 0 radical (unpaired) electrons. The van der Waals surface area contributed by atoms with Gasteiger partial charge in [0.25, 0.3) is 11.3 Å². The molecule has 0 bridgehead atoms. The largest absolute Gasteiger partial charge is 0.494 e. The number of fused-ring (bicyclic) bond motifs is 1. The second-order valence-corrected chi connectivity index (χ2v) is 6.03. The van der Waals surface area contributed by atoms with Crippen molar-refractivity contribution in [3.8, 4) is 5.75 Å². The van der Waals surface area contributed by atoms with Gasteiger partial charge in [-0.1, -0.05) is 25.5 Å². The Kier molecular flexibility index (Phi) is 5.02. The molecule has 0 unspecified atom stereocenters. The highest BCUT2D eigenvalue weighted by Gasteiger charge is 2.09. The average Bonchev–Trinajstić information content (AvgIpc) is 3.02. The maximum atomic E-state index is 12.2. The molecule has 0 saturated heterocycles. The molecule has 0 aliphatic rings. The Morgan fingerprint density at radius 3 is 2.68 bits per heavy atom. The van der Waals surface area contributed by atoms with Crippen LogP contribution in [0.5, 0.6) is 5.75 Å². The smallest absolute Gasteiger partial charge is 0.277 e. The lowest BCUT2D eigenvalue weighted by atomic mass is 10.2. The molecule has 0 aliphatic heterocycles. The summed E-state index contributed by atoms with van der Waals surface area (Å²) >= 11 is 0. The molecule has 2 heterocycles. The normalized spacial score (nSPS) is 11.0. The van der Waals surface area contributed by atoms with Gasteiger partial charge in [0.2, 0.25) is 5.95 Å². The number of aromatic nitrogens is 4. The van der Waals surface area contributed by atoms with E-state index < -0.39 is 0 Å². The van der Waals surface area contributed by atoms with Gasteiger partial charge in [0.1, 0.15) is 5.75 Å². The Hall–Kier alpha value is -2.83. The highest BCUT2D eigenvalue weighted by molar-refractivity contribution is 5.39. The van der Waals surface area contributed by atoms with Crippen LogP contribution in [0.2, 0.25) is 0 Å². The molecule has 2 N–H and O–H groups in total. The van der Waals surface area contributed by atoms with Gasteiger partial charge in [-0.15, -0.1) is 0 Å². The summed E-state index contributed by atoms with van der Waals surface area (Å²) in [4.78, 5) is 20.8. The molecule has 3 aromatic rings. The van der Waals surface area contributed by atoms with Crippen LogP contribution in [-0.4, -0.2) is 26.2 Å². The van der Waals surface area contributed by atoms with Crippen molar-refractivity contribution in [1.82, 2.24) is 19.6 Å². The number of rotatable bonds is 7. The quantitative estimate of drug-likeness (QED) is 0.646. The van der Waals surface area contributed by atoms with Crippen molar-refractivity contribution in [2.24, 2.45) is 0 Å². The molecule has 2 aromatic heterocycles. The predicted molar refractivity (Wildman–Crippen MR) is 97.3 cm³/mol. The molecule has 0 aliphatic carbocycles. The number of unbranched alkanes of at least 4 members (excludes halogenated alkanes) is 1. The number of hydrogen-bond acceptors (Lipinski definition) is 5. The predicted octanol–water partition coefficient (Wildman–Crippen LogP) is 2.83. The van der Waals surface area contributed by atoms with Gasteiger partial charge in [-0.25, -0.2) is 4.98 Å². The first-order valence-corrected chi connectivity index (χ1v) is 8.50. The first-order chi connectivity index (χ1) is 12.1. The fourth-order valence-electron chi connectivity index (χ4n) is 2.41. The summed E-state index contributed by atoms with van der Waals surface area (Å²) < 4.78 is 7.01. The second kappa shape index (κ2) is 7.38. The minimum absolute atomic E-state index is 0.128. The molecule has 25 heavy (non-hydrogen) atoms. The zero-order valence-electron chi connectivity index (χ0n) is 14.8. The summed E-state index contributed by atoms with van der Waals surface area (Å²) in [5.41, 5.74) is 2.28. The van der Waals surface area contributed by atoms with Gasteiger partial charge in [-0.2, -0.15) is 9.50 Å². The number of aryl methyl sites for hydroxylation is 1. The van der Waals surface area contributed by atoms with Crippen LogP contribution in [0.15, 0.2) is 29.1 Å².